The zero-order chi connectivity index (χ0) is 18.4. The van der Waals surface area contributed by atoms with Gasteiger partial charge in [-0.05, 0) is 49.9 Å². The van der Waals surface area contributed by atoms with Crippen LogP contribution in [0.15, 0.2) is 47.6 Å². The van der Waals surface area contributed by atoms with Crippen LogP contribution in [0.2, 0.25) is 0 Å². The maximum absolute atomic E-state index is 12.9. The number of aromatic nitrogens is 1. The highest BCUT2D eigenvalue weighted by molar-refractivity contribution is 8.00. The van der Waals surface area contributed by atoms with E-state index < -0.39 is 0 Å². The van der Waals surface area contributed by atoms with Crippen molar-refractivity contribution >= 4 is 17.7 Å². The fourth-order valence-electron chi connectivity index (χ4n) is 3.09. The summed E-state index contributed by atoms with van der Waals surface area (Å²) >= 11 is 1.62. The van der Waals surface area contributed by atoms with Crippen LogP contribution in [0.4, 0.5) is 0 Å². The summed E-state index contributed by atoms with van der Waals surface area (Å²) in [5, 5.41) is 0. The van der Waals surface area contributed by atoms with Crippen LogP contribution in [-0.4, -0.2) is 40.8 Å². The molecule has 1 unspecified atom stereocenters. The molecule has 1 aliphatic heterocycles. The molecule has 1 amide bonds. The summed E-state index contributed by atoms with van der Waals surface area (Å²) in [6.45, 7) is 6.21. The number of amides is 1. The molecule has 5 heteroatoms. The second-order valence-corrected chi connectivity index (χ2v) is 7.85. The van der Waals surface area contributed by atoms with Crippen molar-refractivity contribution in [3.8, 4) is 0 Å². The maximum atomic E-state index is 12.9. The van der Waals surface area contributed by atoms with Crippen molar-refractivity contribution < 1.29 is 9.53 Å². The molecule has 1 fully saturated rings. The molecule has 2 heterocycles. The van der Waals surface area contributed by atoms with Crippen LogP contribution in [0.1, 0.15) is 29.5 Å². The molecule has 4 nitrogen and oxygen atoms in total. The topological polar surface area (TPSA) is 42.4 Å². The molecule has 3 rings (SSSR count). The molecule has 0 aliphatic carbocycles. The van der Waals surface area contributed by atoms with Gasteiger partial charge in [0.05, 0.1) is 11.9 Å². The van der Waals surface area contributed by atoms with Gasteiger partial charge < -0.3 is 9.64 Å². The third-order valence-corrected chi connectivity index (χ3v) is 5.73. The second-order valence-electron chi connectivity index (χ2n) is 6.83. The molecular weight excluding hydrogens is 344 g/mol. The Bertz CT molecular complexity index is 730. The molecule has 2 aromatic rings. The number of carbonyl (C=O) groups is 1. The number of pyridine rings is 1. The minimum absolute atomic E-state index is 0.148. The smallest absolute Gasteiger partial charge is 0.233 e. The summed E-state index contributed by atoms with van der Waals surface area (Å²) < 4.78 is 5.75. The van der Waals surface area contributed by atoms with Crippen molar-refractivity contribution in [3.05, 3.63) is 59.4 Å². The molecule has 138 valence electrons. The quantitative estimate of drug-likeness (QED) is 0.691. The first-order valence-corrected chi connectivity index (χ1v) is 10.1. The Morgan fingerprint density at radius 3 is 2.96 bits per heavy atom. The number of aryl methyl sites for hydroxylation is 2. The molecule has 0 bridgehead atoms. The van der Waals surface area contributed by atoms with Crippen molar-refractivity contribution in [1.82, 2.24) is 9.88 Å². The number of thioether (sulfide) groups is 1. The lowest BCUT2D eigenvalue weighted by atomic mass is 10.2. The average molecular weight is 371 g/mol. The Labute approximate surface area is 160 Å². The highest BCUT2D eigenvalue weighted by atomic mass is 32.2. The molecule has 1 saturated heterocycles. The highest BCUT2D eigenvalue weighted by Gasteiger charge is 2.23. The van der Waals surface area contributed by atoms with Gasteiger partial charge in [0.2, 0.25) is 5.91 Å². The zero-order valence-corrected chi connectivity index (χ0v) is 16.3. The number of rotatable bonds is 7. The lowest BCUT2D eigenvalue weighted by molar-refractivity contribution is -0.130. The van der Waals surface area contributed by atoms with Crippen molar-refractivity contribution in [1.29, 1.82) is 0 Å². The number of benzene rings is 1. The lowest BCUT2D eigenvalue weighted by Crippen LogP contribution is -2.38. The van der Waals surface area contributed by atoms with Gasteiger partial charge in [-0.3, -0.25) is 9.78 Å². The molecule has 0 spiro atoms. The second kappa shape index (κ2) is 9.19. The van der Waals surface area contributed by atoms with Crippen molar-refractivity contribution in [2.75, 3.05) is 18.9 Å². The van der Waals surface area contributed by atoms with E-state index in [0.717, 1.165) is 25.0 Å². The Morgan fingerprint density at radius 2 is 2.23 bits per heavy atom. The summed E-state index contributed by atoms with van der Waals surface area (Å²) in [5.74, 6) is 0.590. The highest BCUT2D eigenvalue weighted by Crippen LogP contribution is 2.24. The lowest BCUT2D eigenvalue weighted by Gasteiger charge is -2.25. The van der Waals surface area contributed by atoms with Gasteiger partial charge in [-0.25, -0.2) is 0 Å². The number of nitrogens with zero attached hydrogens (tertiary/aromatic N) is 2. The molecule has 1 atom stereocenters. The normalized spacial score (nSPS) is 16.6. The van der Waals surface area contributed by atoms with Gasteiger partial charge in [0, 0.05) is 37.0 Å². The van der Waals surface area contributed by atoms with Crippen LogP contribution < -0.4 is 0 Å². The van der Waals surface area contributed by atoms with Gasteiger partial charge in [0.25, 0.3) is 0 Å². The monoisotopic (exact) mass is 370 g/mol. The Hall–Kier alpha value is -1.85. The van der Waals surface area contributed by atoms with Gasteiger partial charge >= 0.3 is 0 Å². The van der Waals surface area contributed by atoms with Crippen LogP contribution in [0.25, 0.3) is 0 Å². The molecule has 1 aromatic heterocycles. The minimum atomic E-state index is 0.148. The first-order valence-electron chi connectivity index (χ1n) is 9.10. The summed E-state index contributed by atoms with van der Waals surface area (Å²) in [6, 6.07) is 10.3. The van der Waals surface area contributed by atoms with Crippen molar-refractivity contribution in [3.63, 3.8) is 0 Å². The van der Waals surface area contributed by atoms with E-state index in [9.17, 15) is 4.79 Å². The van der Waals surface area contributed by atoms with Crippen LogP contribution in [0.3, 0.4) is 0 Å². The Morgan fingerprint density at radius 1 is 1.35 bits per heavy atom. The first-order chi connectivity index (χ1) is 12.6. The number of hydrogen-bond acceptors (Lipinski definition) is 4. The van der Waals surface area contributed by atoms with E-state index in [-0.39, 0.29) is 12.0 Å². The number of hydrogen-bond donors (Lipinski definition) is 0. The largest absolute Gasteiger partial charge is 0.376 e. The molecule has 0 radical (unpaired) electrons. The standard InChI is InChI=1S/C21H26N2O2S/c1-16-7-8-17(2)20(11-16)26-15-21(24)23(14-19-6-4-10-25-19)13-18-5-3-9-22-12-18/h3,5,7-9,11-12,19H,4,6,10,13-15H2,1-2H3. The minimum Gasteiger partial charge on any atom is -0.376 e. The molecule has 1 aromatic carbocycles. The molecule has 1 aliphatic rings. The number of carbonyl (C=O) groups excluding carboxylic acids is 1. The van der Waals surface area contributed by atoms with Gasteiger partial charge in [0.15, 0.2) is 0 Å². The van der Waals surface area contributed by atoms with E-state index in [0.29, 0.717) is 18.8 Å². The third kappa shape index (κ3) is 5.32. The Kier molecular flexibility index (Phi) is 6.69. The van der Waals surface area contributed by atoms with Crippen molar-refractivity contribution in [2.45, 2.75) is 44.2 Å². The summed E-state index contributed by atoms with van der Waals surface area (Å²) in [5.41, 5.74) is 3.49. The number of ether oxygens (including phenoxy) is 1. The van der Waals surface area contributed by atoms with Crippen LogP contribution >= 0.6 is 11.8 Å². The average Bonchev–Trinajstić information content (AvgIpc) is 3.15. The fourth-order valence-corrected chi connectivity index (χ4v) is 4.12. The first kappa shape index (κ1) is 18.9. The van der Waals surface area contributed by atoms with E-state index in [1.54, 1.807) is 18.0 Å². The summed E-state index contributed by atoms with van der Waals surface area (Å²) in [7, 11) is 0. The SMILES string of the molecule is Cc1ccc(C)c(SCC(=O)N(Cc2cccnc2)CC2CCCO2)c1. The van der Waals surface area contributed by atoms with Gasteiger partial charge in [-0.15, -0.1) is 11.8 Å². The van der Waals surface area contributed by atoms with E-state index in [2.05, 4.69) is 37.0 Å². The maximum Gasteiger partial charge on any atom is 0.233 e. The summed E-state index contributed by atoms with van der Waals surface area (Å²) in [4.78, 5) is 20.2. The van der Waals surface area contributed by atoms with E-state index in [4.69, 9.17) is 4.74 Å². The fraction of sp³-hybridized carbons (Fsp3) is 0.429. The molecule has 0 saturated carbocycles. The molecule has 26 heavy (non-hydrogen) atoms. The molecular formula is C21H26N2O2S. The third-order valence-electron chi connectivity index (χ3n) is 4.59. The summed E-state index contributed by atoms with van der Waals surface area (Å²) in [6.07, 6.45) is 5.85. The molecule has 0 N–H and O–H groups in total. The predicted molar refractivity (Wildman–Crippen MR) is 105 cm³/mol. The van der Waals surface area contributed by atoms with Crippen LogP contribution in [0.5, 0.6) is 0 Å². The van der Waals surface area contributed by atoms with Gasteiger partial charge in [0.1, 0.15) is 0 Å². The van der Waals surface area contributed by atoms with Gasteiger partial charge in [-0.1, -0.05) is 23.8 Å². The predicted octanol–water partition coefficient (Wildman–Crippen LogP) is 4.00. The van der Waals surface area contributed by atoms with Crippen molar-refractivity contribution in [2.24, 2.45) is 0 Å². The van der Waals surface area contributed by atoms with Crippen LogP contribution in [-0.2, 0) is 16.1 Å². The Balaban J connectivity index is 1.66. The zero-order valence-electron chi connectivity index (χ0n) is 15.5. The van der Waals surface area contributed by atoms with Gasteiger partial charge in [-0.2, -0.15) is 0 Å². The van der Waals surface area contributed by atoms with E-state index >= 15 is 0 Å². The van der Waals surface area contributed by atoms with E-state index in [1.165, 1.54) is 16.0 Å². The van der Waals surface area contributed by atoms with Crippen LogP contribution in [0, 0.1) is 13.8 Å². The van der Waals surface area contributed by atoms with E-state index in [1.807, 2.05) is 23.2 Å².